The number of hydrogen-bond acceptors (Lipinski definition) is 3. The minimum atomic E-state index is 0.0710. The second-order valence-electron chi connectivity index (χ2n) is 5.54. The van der Waals surface area contributed by atoms with Crippen LogP contribution >= 0.6 is 11.6 Å². The van der Waals surface area contributed by atoms with Gasteiger partial charge in [0.15, 0.2) is 0 Å². The van der Waals surface area contributed by atoms with E-state index in [0.717, 1.165) is 12.8 Å². The Morgan fingerprint density at radius 3 is 2.63 bits per heavy atom. The molecule has 1 aliphatic rings. The molecular formula is C15H20ClN3. The largest absolute Gasteiger partial charge is 0.363 e. The highest BCUT2D eigenvalue weighted by Gasteiger charge is 2.35. The van der Waals surface area contributed by atoms with Crippen LogP contribution in [0.3, 0.4) is 0 Å². The maximum Gasteiger partial charge on any atom is 0.224 e. The number of nitrogens with zero attached hydrogens (tertiary/aromatic N) is 2. The van der Waals surface area contributed by atoms with Crippen molar-refractivity contribution >= 4 is 17.4 Å². The lowest BCUT2D eigenvalue weighted by Crippen LogP contribution is -2.45. The molecule has 0 aromatic carbocycles. The molecule has 1 fully saturated rings. The summed E-state index contributed by atoms with van der Waals surface area (Å²) in [6.07, 6.45) is 13.2. The molecule has 102 valence electrons. The molecule has 1 aliphatic carbocycles. The Labute approximate surface area is 120 Å². The summed E-state index contributed by atoms with van der Waals surface area (Å²) in [5.74, 6) is 3.84. The van der Waals surface area contributed by atoms with Gasteiger partial charge in [0.2, 0.25) is 5.28 Å². The highest BCUT2D eigenvalue weighted by Crippen LogP contribution is 2.37. The summed E-state index contributed by atoms with van der Waals surface area (Å²) in [6, 6.07) is 0. The Balaban J connectivity index is 2.32. The molecule has 4 heteroatoms. The summed E-state index contributed by atoms with van der Waals surface area (Å²) in [7, 11) is 0. The molecule has 0 amide bonds. The number of halogens is 1. The van der Waals surface area contributed by atoms with Gasteiger partial charge in [0.05, 0.1) is 5.56 Å². The van der Waals surface area contributed by atoms with Gasteiger partial charge in [-0.3, -0.25) is 0 Å². The molecule has 2 rings (SSSR count). The van der Waals surface area contributed by atoms with Crippen LogP contribution in [0, 0.1) is 18.3 Å². The molecule has 0 atom stereocenters. The maximum atomic E-state index is 5.89. The lowest BCUT2D eigenvalue weighted by molar-refractivity contribution is 0.247. The molecule has 0 unspecified atom stereocenters. The fourth-order valence-corrected chi connectivity index (χ4v) is 2.96. The molecular weight excluding hydrogens is 258 g/mol. The standard InChI is InChI=1S/C15H20ClN3/c1-4-12-10-17-14(16)18-13(12)19-15(11(2)3)8-6-5-7-9-15/h1,10-11H,5-9H2,2-3H3,(H,17,18,19). The van der Waals surface area contributed by atoms with Crippen LogP contribution in [0.1, 0.15) is 51.5 Å². The number of nitrogens with one attached hydrogen (secondary N) is 1. The van der Waals surface area contributed by atoms with Crippen LogP contribution in [0.15, 0.2) is 6.20 Å². The third kappa shape index (κ3) is 3.01. The van der Waals surface area contributed by atoms with Gasteiger partial charge >= 0.3 is 0 Å². The molecule has 3 nitrogen and oxygen atoms in total. The van der Waals surface area contributed by atoms with Crippen molar-refractivity contribution in [2.75, 3.05) is 5.32 Å². The van der Waals surface area contributed by atoms with E-state index in [2.05, 4.69) is 35.1 Å². The van der Waals surface area contributed by atoms with E-state index in [4.69, 9.17) is 18.0 Å². The molecule has 1 N–H and O–H groups in total. The van der Waals surface area contributed by atoms with E-state index in [1.165, 1.54) is 19.3 Å². The molecule has 1 heterocycles. The zero-order chi connectivity index (χ0) is 13.9. The summed E-state index contributed by atoms with van der Waals surface area (Å²) in [5.41, 5.74) is 0.747. The zero-order valence-electron chi connectivity index (χ0n) is 11.5. The quantitative estimate of drug-likeness (QED) is 0.673. The number of terminal acetylenes is 1. The smallest absolute Gasteiger partial charge is 0.224 e. The van der Waals surface area contributed by atoms with Crippen LogP contribution in [0.5, 0.6) is 0 Å². The SMILES string of the molecule is C#Cc1cnc(Cl)nc1NC1(C(C)C)CCCCC1. The van der Waals surface area contributed by atoms with E-state index < -0.39 is 0 Å². The average molecular weight is 278 g/mol. The second kappa shape index (κ2) is 5.79. The number of hydrogen-bond donors (Lipinski definition) is 1. The van der Waals surface area contributed by atoms with Crippen molar-refractivity contribution in [2.45, 2.75) is 51.5 Å². The van der Waals surface area contributed by atoms with E-state index in [-0.39, 0.29) is 10.8 Å². The Kier molecular flexibility index (Phi) is 4.31. The van der Waals surface area contributed by atoms with Crippen LogP contribution < -0.4 is 5.32 Å². The third-order valence-corrected chi connectivity index (χ3v) is 4.32. The minimum Gasteiger partial charge on any atom is -0.363 e. The fourth-order valence-electron chi connectivity index (χ4n) is 2.83. The lowest BCUT2D eigenvalue weighted by Gasteiger charge is -2.42. The summed E-state index contributed by atoms with van der Waals surface area (Å²) in [6.45, 7) is 4.49. The first-order valence-corrected chi connectivity index (χ1v) is 7.22. The van der Waals surface area contributed by atoms with Gasteiger partial charge in [-0.2, -0.15) is 4.98 Å². The van der Waals surface area contributed by atoms with E-state index in [1.807, 2.05) is 0 Å². The third-order valence-electron chi connectivity index (χ3n) is 4.13. The predicted octanol–water partition coefficient (Wildman–Crippen LogP) is 3.88. The molecule has 1 aromatic rings. The first-order valence-electron chi connectivity index (χ1n) is 6.85. The Morgan fingerprint density at radius 1 is 1.37 bits per heavy atom. The average Bonchev–Trinajstić information content (AvgIpc) is 2.40. The summed E-state index contributed by atoms with van der Waals surface area (Å²) in [4.78, 5) is 8.21. The Morgan fingerprint density at radius 2 is 2.05 bits per heavy atom. The second-order valence-corrected chi connectivity index (χ2v) is 5.88. The topological polar surface area (TPSA) is 37.8 Å². The van der Waals surface area contributed by atoms with Gasteiger partial charge in [-0.15, -0.1) is 6.42 Å². The van der Waals surface area contributed by atoms with Crippen LogP contribution in [0.4, 0.5) is 5.82 Å². The molecule has 0 radical (unpaired) electrons. The van der Waals surface area contributed by atoms with E-state index in [0.29, 0.717) is 17.3 Å². The Hall–Kier alpha value is -1.27. The van der Waals surface area contributed by atoms with Crippen LogP contribution in [0.25, 0.3) is 0 Å². The van der Waals surface area contributed by atoms with Gasteiger partial charge in [0, 0.05) is 11.7 Å². The van der Waals surface area contributed by atoms with Crippen LogP contribution in [0.2, 0.25) is 5.28 Å². The van der Waals surface area contributed by atoms with E-state index >= 15 is 0 Å². The summed E-state index contributed by atoms with van der Waals surface area (Å²) >= 11 is 5.89. The van der Waals surface area contributed by atoms with Crippen molar-refractivity contribution in [1.29, 1.82) is 0 Å². The van der Waals surface area contributed by atoms with Crippen LogP contribution in [-0.2, 0) is 0 Å². The van der Waals surface area contributed by atoms with Gasteiger partial charge in [-0.25, -0.2) is 4.98 Å². The van der Waals surface area contributed by atoms with Gasteiger partial charge < -0.3 is 5.32 Å². The number of anilines is 1. The molecule has 1 aromatic heterocycles. The molecule has 0 bridgehead atoms. The summed E-state index contributed by atoms with van der Waals surface area (Å²) < 4.78 is 0. The van der Waals surface area contributed by atoms with E-state index in [9.17, 15) is 0 Å². The van der Waals surface area contributed by atoms with Gasteiger partial charge in [0.25, 0.3) is 0 Å². The lowest BCUT2D eigenvalue weighted by atomic mass is 9.74. The van der Waals surface area contributed by atoms with Gasteiger partial charge in [-0.05, 0) is 30.4 Å². The van der Waals surface area contributed by atoms with Crippen LogP contribution in [-0.4, -0.2) is 15.5 Å². The van der Waals surface area contributed by atoms with Crippen molar-refractivity contribution in [3.05, 3.63) is 17.0 Å². The van der Waals surface area contributed by atoms with Crippen molar-refractivity contribution in [2.24, 2.45) is 5.92 Å². The highest BCUT2D eigenvalue weighted by molar-refractivity contribution is 6.28. The number of rotatable bonds is 3. The molecule has 0 saturated heterocycles. The summed E-state index contributed by atoms with van der Waals surface area (Å²) in [5, 5.41) is 3.81. The predicted molar refractivity (Wildman–Crippen MR) is 79.3 cm³/mol. The van der Waals surface area contributed by atoms with Crippen molar-refractivity contribution in [3.63, 3.8) is 0 Å². The van der Waals surface area contributed by atoms with Crippen molar-refractivity contribution < 1.29 is 0 Å². The highest BCUT2D eigenvalue weighted by atomic mass is 35.5. The maximum absolute atomic E-state index is 5.89. The Bertz CT molecular complexity index is 485. The van der Waals surface area contributed by atoms with Gasteiger partial charge in [-0.1, -0.05) is 39.0 Å². The van der Waals surface area contributed by atoms with E-state index in [1.54, 1.807) is 6.20 Å². The molecule has 1 saturated carbocycles. The minimum absolute atomic E-state index is 0.0710. The monoisotopic (exact) mass is 277 g/mol. The fraction of sp³-hybridized carbons (Fsp3) is 0.600. The molecule has 0 aliphatic heterocycles. The first-order chi connectivity index (χ1) is 9.07. The molecule has 0 spiro atoms. The van der Waals surface area contributed by atoms with Gasteiger partial charge in [0.1, 0.15) is 5.82 Å². The first kappa shape index (κ1) is 14.1. The normalized spacial score (nSPS) is 18.1. The zero-order valence-corrected chi connectivity index (χ0v) is 12.3. The molecule has 19 heavy (non-hydrogen) atoms. The van der Waals surface area contributed by atoms with Crippen molar-refractivity contribution in [1.82, 2.24) is 9.97 Å². The number of aromatic nitrogens is 2. The van der Waals surface area contributed by atoms with Crippen molar-refractivity contribution in [3.8, 4) is 12.3 Å².